The number of aliphatic hydroxyl groups is 2. The summed E-state index contributed by atoms with van der Waals surface area (Å²) in [5.41, 5.74) is 17.7. The number of hydrogen-bond donors (Lipinski definition) is 6. The van der Waals surface area contributed by atoms with Crippen LogP contribution in [0.3, 0.4) is 0 Å². The zero-order valence-electron chi connectivity index (χ0n) is 9.61. The van der Waals surface area contributed by atoms with Crippen LogP contribution in [0, 0.1) is 0 Å². The molecule has 0 aliphatic heterocycles. The molecule has 0 saturated carbocycles. The van der Waals surface area contributed by atoms with Gasteiger partial charge in [0.05, 0.1) is 12.8 Å². The van der Waals surface area contributed by atoms with Crippen LogP contribution in [0.1, 0.15) is 5.56 Å². The number of aliphatic hydroxyl groups excluding tert-OH is 1. The fourth-order valence-corrected chi connectivity index (χ4v) is 1.21. The Bertz CT molecular complexity index is 454. The fourth-order valence-electron chi connectivity index (χ4n) is 1.21. The van der Waals surface area contributed by atoms with Crippen LogP contribution < -0.4 is 22.5 Å². The van der Waals surface area contributed by atoms with Crippen LogP contribution in [0.25, 0.3) is 0 Å². The SMILES string of the molecule is NC(N)=NN=Cc1cc(N)ccc1NCC(O)O. The van der Waals surface area contributed by atoms with Crippen molar-refractivity contribution in [3.05, 3.63) is 23.8 Å². The number of nitrogens with two attached hydrogens (primary N) is 3. The Morgan fingerprint density at radius 1 is 1.39 bits per heavy atom. The maximum Gasteiger partial charge on any atom is 0.211 e. The highest BCUT2D eigenvalue weighted by Gasteiger charge is 2.03. The Labute approximate surface area is 104 Å². The molecule has 0 atom stereocenters. The summed E-state index contributed by atoms with van der Waals surface area (Å²) in [5.74, 6) is -0.157. The van der Waals surface area contributed by atoms with Gasteiger partial charge in [-0.15, -0.1) is 5.10 Å². The summed E-state index contributed by atoms with van der Waals surface area (Å²) >= 11 is 0. The fraction of sp³-hybridized carbons (Fsp3) is 0.200. The molecule has 8 nitrogen and oxygen atoms in total. The zero-order chi connectivity index (χ0) is 13.5. The molecule has 0 saturated heterocycles. The van der Waals surface area contributed by atoms with Gasteiger partial charge in [0.1, 0.15) is 0 Å². The molecule has 0 amide bonds. The van der Waals surface area contributed by atoms with Crippen LogP contribution in [0.4, 0.5) is 11.4 Å². The molecule has 0 aliphatic carbocycles. The number of anilines is 2. The number of guanidine groups is 1. The minimum Gasteiger partial charge on any atom is -0.399 e. The summed E-state index contributed by atoms with van der Waals surface area (Å²) in [4.78, 5) is 0. The molecule has 0 spiro atoms. The monoisotopic (exact) mass is 252 g/mol. The summed E-state index contributed by atoms with van der Waals surface area (Å²) < 4.78 is 0. The second-order valence-corrected chi connectivity index (χ2v) is 3.48. The number of nitrogens with zero attached hydrogens (tertiary/aromatic N) is 2. The van der Waals surface area contributed by atoms with E-state index in [1.165, 1.54) is 6.21 Å². The predicted molar refractivity (Wildman–Crippen MR) is 71.0 cm³/mol. The van der Waals surface area contributed by atoms with E-state index >= 15 is 0 Å². The van der Waals surface area contributed by atoms with E-state index in [0.717, 1.165) is 0 Å². The molecule has 0 radical (unpaired) electrons. The van der Waals surface area contributed by atoms with Crippen molar-refractivity contribution in [3.63, 3.8) is 0 Å². The largest absolute Gasteiger partial charge is 0.399 e. The summed E-state index contributed by atoms with van der Waals surface area (Å²) in [7, 11) is 0. The third-order valence-corrected chi connectivity index (χ3v) is 1.92. The first kappa shape index (κ1) is 13.7. The Morgan fingerprint density at radius 3 is 2.72 bits per heavy atom. The molecule has 1 rings (SSSR count). The standard InChI is InChI=1S/C10H16N6O2/c11-7-1-2-8(14-5-9(17)18)6(3-7)4-15-16-10(12)13/h1-4,9,14,17-18H,5,11H2,(H4,12,13,16). The first-order chi connectivity index (χ1) is 8.49. The summed E-state index contributed by atoms with van der Waals surface area (Å²) in [6.45, 7) is -0.0208. The average Bonchev–Trinajstić information content (AvgIpc) is 2.27. The van der Waals surface area contributed by atoms with Gasteiger partial charge in [0.15, 0.2) is 6.29 Å². The molecule has 98 valence electrons. The molecule has 0 unspecified atom stereocenters. The number of hydrogen-bond acceptors (Lipinski definition) is 6. The van der Waals surface area contributed by atoms with Crippen molar-refractivity contribution in [1.29, 1.82) is 0 Å². The van der Waals surface area contributed by atoms with Crippen LogP contribution in [0.2, 0.25) is 0 Å². The highest BCUT2D eigenvalue weighted by Crippen LogP contribution is 2.17. The lowest BCUT2D eigenvalue weighted by molar-refractivity contribution is -0.0275. The molecule has 0 bridgehead atoms. The third kappa shape index (κ3) is 4.68. The van der Waals surface area contributed by atoms with Gasteiger partial charge in [-0.2, -0.15) is 5.10 Å². The molecule has 8 heteroatoms. The van der Waals surface area contributed by atoms with Gasteiger partial charge in [-0.25, -0.2) is 0 Å². The molecule has 0 aliphatic rings. The van der Waals surface area contributed by atoms with Gasteiger partial charge in [-0.1, -0.05) is 0 Å². The van der Waals surface area contributed by atoms with Crippen LogP contribution >= 0.6 is 0 Å². The normalized spacial score (nSPS) is 10.8. The molecule has 0 heterocycles. The molecule has 0 fully saturated rings. The molecule has 1 aromatic carbocycles. The van der Waals surface area contributed by atoms with Gasteiger partial charge in [0, 0.05) is 16.9 Å². The summed E-state index contributed by atoms with van der Waals surface area (Å²) in [6, 6.07) is 5.01. The first-order valence-corrected chi connectivity index (χ1v) is 5.10. The number of rotatable bonds is 5. The van der Waals surface area contributed by atoms with Crippen LogP contribution in [0.5, 0.6) is 0 Å². The Morgan fingerprint density at radius 2 is 2.11 bits per heavy atom. The third-order valence-electron chi connectivity index (χ3n) is 1.92. The number of benzene rings is 1. The second-order valence-electron chi connectivity index (χ2n) is 3.48. The maximum absolute atomic E-state index is 8.79. The Hall–Kier alpha value is -2.32. The van der Waals surface area contributed by atoms with Crippen LogP contribution in [0.15, 0.2) is 28.4 Å². The van der Waals surface area contributed by atoms with Gasteiger partial charge in [-0.05, 0) is 18.2 Å². The van der Waals surface area contributed by atoms with Crippen molar-refractivity contribution >= 4 is 23.5 Å². The van der Waals surface area contributed by atoms with Gasteiger partial charge in [0.2, 0.25) is 5.96 Å². The molecule has 1 aromatic rings. The van der Waals surface area contributed by atoms with Crippen molar-refractivity contribution in [3.8, 4) is 0 Å². The lowest BCUT2D eigenvalue weighted by atomic mass is 10.1. The van der Waals surface area contributed by atoms with Gasteiger partial charge < -0.3 is 32.7 Å². The van der Waals surface area contributed by atoms with E-state index in [2.05, 4.69) is 15.5 Å². The number of nitrogens with one attached hydrogen (secondary N) is 1. The maximum atomic E-state index is 8.79. The molecular formula is C10H16N6O2. The van der Waals surface area contributed by atoms with Crippen molar-refractivity contribution in [2.24, 2.45) is 21.7 Å². The van der Waals surface area contributed by atoms with E-state index in [4.69, 9.17) is 27.4 Å². The van der Waals surface area contributed by atoms with Gasteiger partial charge >= 0.3 is 0 Å². The van der Waals surface area contributed by atoms with Crippen molar-refractivity contribution in [2.75, 3.05) is 17.6 Å². The zero-order valence-corrected chi connectivity index (χ0v) is 9.61. The van der Waals surface area contributed by atoms with E-state index in [-0.39, 0.29) is 12.5 Å². The summed E-state index contributed by atoms with van der Waals surface area (Å²) in [5, 5.41) is 27.5. The topological polar surface area (TPSA) is 155 Å². The molecule has 9 N–H and O–H groups in total. The first-order valence-electron chi connectivity index (χ1n) is 5.10. The highest BCUT2D eigenvalue weighted by atomic mass is 16.5. The van der Waals surface area contributed by atoms with E-state index in [1.807, 2.05) is 0 Å². The highest BCUT2D eigenvalue weighted by molar-refractivity contribution is 5.89. The van der Waals surface area contributed by atoms with Crippen molar-refractivity contribution < 1.29 is 10.2 Å². The second kappa shape index (κ2) is 6.42. The van der Waals surface area contributed by atoms with E-state index in [9.17, 15) is 0 Å². The van der Waals surface area contributed by atoms with E-state index < -0.39 is 6.29 Å². The minimum atomic E-state index is -1.45. The van der Waals surface area contributed by atoms with Crippen LogP contribution in [-0.4, -0.2) is 35.2 Å². The molecular weight excluding hydrogens is 236 g/mol. The molecule has 0 aromatic heterocycles. The smallest absolute Gasteiger partial charge is 0.211 e. The van der Waals surface area contributed by atoms with Crippen molar-refractivity contribution in [2.45, 2.75) is 6.29 Å². The lowest BCUT2D eigenvalue weighted by Gasteiger charge is -2.10. The average molecular weight is 252 g/mol. The summed E-state index contributed by atoms with van der Waals surface area (Å²) in [6.07, 6.45) is -0.0487. The predicted octanol–water partition coefficient (Wildman–Crippen LogP) is -1.40. The van der Waals surface area contributed by atoms with Crippen molar-refractivity contribution in [1.82, 2.24) is 0 Å². The number of nitrogen functional groups attached to an aromatic ring is 1. The Balaban J connectivity index is 2.89. The van der Waals surface area contributed by atoms with E-state index in [0.29, 0.717) is 16.9 Å². The Kier molecular flexibility index (Phi) is 4.90. The van der Waals surface area contributed by atoms with E-state index in [1.54, 1.807) is 18.2 Å². The van der Waals surface area contributed by atoms with Gasteiger partial charge in [-0.3, -0.25) is 0 Å². The lowest BCUT2D eigenvalue weighted by Crippen LogP contribution is -2.21. The van der Waals surface area contributed by atoms with Gasteiger partial charge in [0.25, 0.3) is 0 Å². The minimum absolute atomic E-state index is 0.0208. The van der Waals surface area contributed by atoms with Crippen LogP contribution in [-0.2, 0) is 0 Å². The molecule has 18 heavy (non-hydrogen) atoms. The quantitative estimate of drug-likeness (QED) is 0.124.